The van der Waals surface area contributed by atoms with Crippen LogP contribution in [0.2, 0.25) is 0 Å². The van der Waals surface area contributed by atoms with Crippen LogP contribution in [-0.2, 0) is 28.8 Å². The van der Waals surface area contributed by atoms with Crippen LogP contribution >= 0.6 is 11.3 Å². The van der Waals surface area contributed by atoms with Crippen LogP contribution in [0.3, 0.4) is 0 Å². The summed E-state index contributed by atoms with van der Waals surface area (Å²) in [7, 11) is 0. The van der Waals surface area contributed by atoms with Crippen LogP contribution in [0.4, 0.5) is 4.39 Å². The minimum absolute atomic E-state index is 0.0941. The number of thiophene rings is 1. The molecule has 3 aromatic rings. The summed E-state index contributed by atoms with van der Waals surface area (Å²) < 4.78 is 23.3. The zero-order chi connectivity index (χ0) is 20.2. The van der Waals surface area contributed by atoms with Gasteiger partial charge in [0, 0.05) is 11.3 Å². The molecule has 0 aliphatic heterocycles. The van der Waals surface area contributed by atoms with E-state index in [0.29, 0.717) is 23.4 Å². The van der Waals surface area contributed by atoms with E-state index in [1.807, 2.05) is 0 Å². The molecule has 4 rings (SSSR count). The molecule has 1 aliphatic rings. The summed E-state index contributed by atoms with van der Waals surface area (Å²) in [6, 6.07) is 5.63. The van der Waals surface area contributed by atoms with Crippen molar-refractivity contribution in [1.29, 1.82) is 0 Å². The van der Waals surface area contributed by atoms with Crippen LogP contribution < -0.4 is 10.3 Å². The number of carbonyl (C=O) groups excluding carboxylic acids is 1. The first kappa shape index (κ1) is 19.6. The summed E-state index contributed by atoms with van der Waals surface area (Å²) in [5.74, 6) is 0.286. The van der Waals surface area contributed by atoms with Gasteiger partial charge in [0.15, 0.2) is 0 Å². The smallest absolute Gasteiger partial charge is 0.306 e. The molecule has 1 aromatic carbocycles. The first-order chi connectivity index (χ1) is 14.1. The monoisotopic (exact) mass is 416 g/mol. The first-order valence-electron chi connectivity index (χ1n) is 9.67. The highest BCUT2D eigenvalue weighted by molar-refractivity contribution is 7.18. The summed E-state index contributed by atoms with van der Waals surface area (Å²) >= 11 is 1.59. The van der Waals surface area contributed by atoms with Crippen molar-refractivity contribution < 1.29 is 18.7 Å². The number of nitrogens with zero attached hydrogens (tertiary/aromatic N) is 1. The molecule has 2 heterocycles. The third-order valence-electron chi connectivity index (χ3n) is 4.87. The third-order valence-corrected chi connectivity index (χ3v) is 6.05. The van der Waals surface area contributed by atoms with Gasteiger partial charge in [-0.1, -0.05) is 0 Å². The lowest BCUT2D eigenvalue weighted by atomic mass is 9.97. The molecule has 0 bridgehead atoms. The molecule has 29 heavy (non-hydrogen) atoms. The average Bonchev–Trinajstić information content (AvgIpc) is 3.10. The first-order valence-corrected chi connectivity index (χ1v) is 10.5. The number of ether oxygens (including phenoxy) is 2. The van der Waals surface area contributed by atoms with Crippen molar-refractivity contribution in [2.45, 2.75) is 38.5 Å². The molecule has 0 saturated heterocycles. The van der Waals surface area contributed by atoms with Crippen LogP contribution in [0, 0.1) is 5.82 Å². The highest BCUT2D eigenvalue weighted by Crippen LogP contribution is 2.33. The maximum atomic E-state index is 12.8. The SMILES string of the molecule is O=C(CCc1nc2sc3c(c2c(=O)[nH]1)CCCC3)OCCOc1ccc(F)cc1. The molecule has 1 N–H and O–H groups in total. The maximum Gasteiger partial charge on any atom is 0.306 e. The van der Waals surface area contributed by atoms with E-state index in [1.165, 1.54) is 29.1 Å². The molecule has 0 amide bonds. The lowest BCUT2D eigenvalue weighted by molar-refractivity contribution is -0.144. The van der Waals surface area contributed by atoms with Crippen molar-refractivity contribution in [2.24, 2.45) is 0 Å². The number of aromatic nitrogens is 2. The number of hydrogen-bond donors (Lipinski definition) is 1. The van der Waals surface area contributed by atoms with Crippen LogP contribution in [0.1, 0.15) is 35.5 Å². The van der Waals surface area contributed by atoms with E-state index in [0.717, 1.165) is 36.1 Å². The minimum atomic E-state index is -0.388. The zero-order valence-corrected chi connectivity index (χ0v) is 16.6. The number of carbonyl (C=O) groups is 1. The minimum Gasteiger partial charge on any atom is -0.490 e. The number of fused-ring (bicyclic) bond motifs is 3. The number of halogens is 1. The van der Waals surface area contributed by atoms with E-state index in [9.17, 15) is 14.0 Å². The van der Waals surface area contributed by atoms with E-state index < -0.39 is 0 Å². The summed E-state index contributed by atoms with van der Waals surface area (Å²) in [6.45, 7) is 0.274. The Morgan fingerprint density at radius 1 is 1.17 bits per heavy atom. The molecule has 8 heteroatoms. The summed E-state index contributed by atoms with van der Waals surface area (Å²) in [4.78, 5) is 33.8. The average molecular weight is 416 g/mol. The Morgan fingerprint density at radius 2 is 1.97 bits per heavy atom. The fraction of sp³-hybridized carbons (Fsp3) is 0.381. The lowest BCUT2D eigenvalue weighted by Crippen LogP contribution is -2.16. The molecule has 0 unspecified atom stereocenters. The number of benzene rings is 1. The maximum absolute atomic E-state index is 12.8. The van der Waals surface area contributed by atoms with E-state index in [4.69, 9.17) is 9.47 Å². The van der Waals surface area contributed by atoms with Gasteiger partial charge < -0.3 is 14.5 Å². The number of rotatable bonds is 7. The molecule has 0 spiro atoms. The van der Waals surface area contributed by atoms with Crippen molar-refractivity contribution in [3.8, 4) is 5.75 Å². The van der Waals surface area contributed by atoms with E-state index in [-0.39, 0.29) is 37.0 Å². The van der Waals surface area contributed by atoms with Gasteiger partial charge in [0.1, 0.15) is 35.4 Å². The Kier molecular flexibility index (Phi) is 5.89. The van der Waals surface area contributed by atoms with E-state index in [1.54, 1.807) is 11.3 Å². The van der Waals surface area contributed by atoms with Crippen molar-refractivity contribution in [1.82, 2.24) is 9.97 Å². The Labute approximate surface area is 170 Å². The largest absolute Gasteiger partial charge is 0.490 e. The molecule has 1 aliphatic carbocycles. The highest BCUT2D eigenvalue weighted by atomic mass is 32.1. The normalized spacial score (nSPS) is 13.3. The Morgan fingerprint density at radius 3 is 2.79 bits per heavy atom. The van der Waals surface area contributed by atoms with Gasteiger partial charge in [-0.15, -0.1) is 11.3 Å². The van der Waals surface area contributed by atoms with Gasteiger partial charge in [0.2, 0.25) is 0 Å². The Hall–Kier alpha value is -2.74. The second kappa shape index (κ2) is 8.73. The second-order valence-electron chi connectivity index (χ2n) is 6.93. The fourth-order valence-electron chi connectivity index (χ4n) is 3.47. The molecule has 0 saturated carbocycles. The van der Waals surface area contributed by atoms with E-state index in [2.05, 4.69) is 9.97 Å². The standard InChI is InChI=1S/C21H21FN2O4S/c22-13-5-7-14(8-6-13)27-11-12-28-18(25)10-9-17-23-20(26)19-15-3-1-2-4-16(15)29-21(19)24-17/h5-8H,1-4,9-12H2,(H,23,24,26). The zero-order valence-electron chi connectivity index (χ0n) is 15.8. The van der Waals surface area contributed by atoms with Gasteiger partial charge in [-0.2, -0.15) is 0 Å². The molecule has 2 aromatic heterocycles. The molecular weight excluding hydrogens is 395 g/mol. The summed E-state index contributed by atoms with van der Waals surface area (Å²) in [5, 5.41) is 0.717. The van der Waals surface area contributed by atoms with Gasteiger partial charge in [0.25, 0.3) is 5.56 Å². The molecule has 0 fully saturated rings. The van der Waals surface area contributed by atoms with Gasteiger partial charge in [-0.05, 0) is 55.5 Å². The third kappa shape index (κ3) is 4.64. The van der Waals surface area contributed by atoms with Crippen molar-refractivity contribution in [2.75, 3.05) is 13.2 Å². The number of nitrogens with one attached hydrogen (secondary N) is 1. The fourth-order valence-corrected chi connectivity index (χ4v) is 4.75. The van der Waals surface area contributed by atoms with Gasteiger partial charge in [-0.25, -0.2) is 9.37 Å². The van der Waals surface area contributed by atoms with Crippen molar-refractivity contribution >= 4 is 27.5 Å². The predicted molar refractivity (Wildman–Crippen MR) is 108 cm³/mol. The van der Waals surface area contributed by atoms with Crippen molar-refractivity contribution in [3.05, 3.63) is 56.7 Å². The molecule has 6 nitrogen and oxygen atoms in total. The Bertz CT molecular complexity index is 1070. The number of aryl methyl sites for hydroxylation is 3. The second-order valence-corrected chi connectivity index (χ2v) is 8.01. The predicted octanol–water partition coefficient (Wildman–Crippen LogP) is 3.56. The van der Waals surface area contributed by atoms with Gasteiger partial charge >= 0.3 is 5.97 Å². The Balaban J connectivity index is 1.28. The van der Waals surface area contributed by atoms with Crippen LogP contribution in [-0.4, -0.2) is 29.2 Å². The quantitative estimate of drug-likeness (QED) is 0.471. The molecular formula is C21H21FN2O4S. The van der Waals surface area contributed by atoms with E-state index >= 15 is 0 Å². The van der Waals surface area contributed by atoms with Gasteiger partial charge in [0.05, 0.1) is 11.8 Å². The summed E-state index contributed by atoms with van der Waals surface area (Å²) in [6.07, 6.45) is 4.64. The highest BCUT2D eigenvalue weighted by Gasteiger charge is 2.20. The molecule has 0 atom stereocenters. The number of esters is 1. The number of hydrogen-bond acceptors (Lipinski definition) is 6. The summed E-state index contributed by atoms with van der Waals surface area (Å²) in [5.41, 5.74) is 1.03. The number of aromatic amines is 1. The molecule has 0 radical (unpaired) electrons. The van der Waals surface area contributed by atoms with Crippen molar-refractivity contribution in [3.63, 3.8) is 0 Å². The topological polar surface area (TPSA) is 81.3 Å². The lowest BCUT2D eigenvalue weighted by Gasteiger charge is -2.09. The number of H-pyrrole nitrogens is 1. The van der Waals surface area contributed by atoms with Gasteiger partial charge in [-0.3, -0.25) is 9.59 Å². The van der Waals surface area contributed by atoms with Crippen LogP contribution in [0.25, 0.3) is 10.2 Å². The van der Waals surface area contributed by atoms with Crippen LogP contribution in [0.5, 0.6) is 5.75 Å². The molecule has 152 valence electrons. The van der Waals surface area contributed by atoms with Crippen LogP contribution in [0.15, 0.2) is 29.1 Å².